The molecule has 0 saturated heterocycles. The molecule has 4 saturated carbocycles. The molecule has 0 aromatic rings. The number of fused-ring (bicyclic) bond motifs is 5. The van der Waals surface area contributed by atoms with Crippen LogP contribution in [0.15, 0.2) is 0 Å². The Hall–Kier alpha value is -0.370. The lowest BCUT2D eigenvalue weighted by Crippen LogP contribution is -2.55. The minimum Gasteiger partial charge on any atom is -0.393 e. The zero-order valence-corrected chi connectivity index (χ0v) is 14.5. The van der Waals surface area contributed by atoms with Crippen molar-refractivity contribution < 1.29 is 9.90 Å². The maximum Gasteiger partial charge on any atom is 0.139 e. The summed E-state index contributed by atoms with van der Waals surface area (Å²) in [4.78, 5) is 12.4. The van der Waals surface area contributed by atoms with Gasteiger partial charge in [-0.3, -0.25) is 4.79 Å². The molecule has 8 atom stereocenters. The van der Waals surface area contributed by atoms with Crippen molar-refractivity contribution in [2.75, 3.05) is 0 Å². The van der Waals surface area contributed by atoms with Gasteiger partial charge >= 0.3 is 0 Å². The zero-order valence-electron chi connectivity index (χ0n) is 14.5. The number of ketones is 1. The summed E-state index contributed by atoms with van der Waals surface area (Å²) in [5.74, 6) is 3.93. The number of carbonyl (C=O) groups is 1. The van der Waals surface area contributed by atoms with Crippen LogP contribution in [-0.4, -0.2) is 17.0 Å². The van der Waals surface area contributed by atoms with E-state index in [1.807, 2.05) is 0 Å². The lowest BCUT2D eigenvalue weighted by Gasteiger charge is -2.60. The Morgan fingerprint density at radius 2 is 1.86 bits per heavy atom. The number of Topliss-reactive ketones (excluding diaryl/α,β-unsaturated/α-hetero) is 1. The quantitative estimate of drug-likeness (QED) is 0.728. The van der Waals surface area contributed by atoms with E-state index in [2.05, 4.69) is 20.8 Å². The molecular weight excluding hydrogens is 272 g/mol. The first kappa shape index (κ1) is 15.2. The van der Waals surface area contributed by atoms with Crippen molar-refractivity contribution in [3.63, 3.8) is 0 Å². The van der Waals surface area contributed by atoms with Crippen LogP contribution in [0.25, 0.3) is 0 Å². The highest BCUT2D eigenvalue weighted by Gasteiger charge is 2.60. The molecule has 0 amide bonds. The fourth-order valence-corrected chi connectivity index (χ4v) is 7.27. The van der Waals surface area contributed by atoms with Gasteiger partial charge < -0.3 is 5.11 Å². The third kappa shape index (κ3) is 1.85. The topological polar surface area (TPSA) is 37.3 Å². The van der Waals surface area contributed by atoms with Crippen molar-refractivity contribution in [2.45, 2.75) is 78.2 Å². The molecule has 0 unspecified atom stereocenters. The molecule has 4 aliphatic carbocycles. The SMILES string of the molecule is C[C@@H]1C[C@@H]2CC[C@@H]3[C@H](CC[C@]4(C)C(=O)CC[C@@H]34)[C@@]2(C)C[C@@H]1O. The van der Waals surface area contributed by atoms with E-state index in [0.29, 0.717) is 23.0 Å². The normalized spacial score (nSPS) is 57.9. The Bertz CT molecular complexity index is 486. The summed E-state index contributed by atoms with van der Waals surface area (Å²) in [6.07, 6.45) is 9.04. The second-order valence-corrected chi connectivity index (χ2v) is 9.56. The molecule has 4 fully saturated rings. The molecule has 124 valence electrons. The Morgan fingerprint density at radius 3 is 2.64 bits per heavy atom. The molecular formula is C20H32O2. The Morgan fingerprint density at radius 1 is 1.09 bits per heavy atom. The van der Waals surface area contributed by atoms with E-state index in [1.54, 1.807) is 0 Å². The molecule has 0 bridgehead atoms. The smallest absolute Gasteiger partial charge is 0.139 e. The largest absolute Gasteiger partial charge is 0.393 e. The van der Waals surface area contributed by atoms with Crippen LogP contribution in [0.1, 0.15) is 72.1 Å². The Balaban J connectivity index is 1.65. The van der Waals surface area contributed by atoms with Crippen LogP contribution in [0.4, 0.5) is 0 Å². The van der Waals surface area contributed by atoms with Crippen LogP contribution in [0.5, 0.6) is 0 Å². The first-order valence-corrected chi connectivity index (χ1v) is 9.57. The second kappa shape index (κ2) is 4.82. The summed E-state index contributed by atoms with van der Waals surface area (Å²) in [7, 11) is 0. The molecule has 0 heterocycles. The third-order valence-electron chi connectivity index (χ3n) is 8.74. The lowest BCUT2D eigenvalue weighted by atomic mass is 9.44. The summed E-state index contributed by atoms with van der Waals surface area (Å²) in [6, 6.07) is 0. The highest BCUT2D eigenvalue weighted by Crippen LogP contribution is 2.65. The molecule has 4 aliphatic rings. The number of aliphatic hydroxyl groups excluding tert-OH is 1. The summed E-state index contributed by atoms with van der Waals surface area (Å²) in [5, 5.41) is 10.5. The number of aliphatic hydroxyl groups is 1. The second-order valence-electron chi connectivity index (χ2n) is 9.56. The van der Waals surface area contributed by atoms with Crippen molar-refractivity contribution in [3.8, 4) is 0 Å². The average molecular weight is 304 g/mol. The minimum atomic E-state index is -0.112. The maximum atomic E-state index is 12.4. The molecule has 4 rings (SSSR count). The lowest BCUT2D eigenvalue weighted by molar-refractivity contribution is -0.149. The molecule has 22 heavy (non-hydrogen) atoms. The molecule has 0 aromatic heterocycles. The van der Waals surface area contributed by atoms with Gasteiger partial charge in [-0.25, -0.2) is 0 Å². The number of hydrogen-bond acceptors (Lipinski definition) is 2. The summed E-state index contributed by atoms with van der Waals surface area (Å²) in [6.45, 7) is 6.96. The van der Waals surface area contributed by atoms with Gasteiger partial charge in [0.1, 0.15) is 5.78 Å². The van der Waals surface area contributed by atoms with E-state index in [4.69, 9.17) is 0 Å². The van der Waals surface area contributed by atoms with Crippen molar-refractivity contribution in [3.05, 3.63) is 0 Å². The maximum absolute atomic E-state index is 12.4. The predicted molar refractivity (Wildman–Crippen MR) is 87.3 cm³/mol. The molecule has 0 spiro atoms. The van der Waals surface area contributed by atoms with E-state index in [9.17, 15) is 9.90 Å². The standard InChI is InChI=1S/C20H32O2/c1-12-10-13-4-5-14-15-6-7-18(22)19(15,2)9-8-16(14)20(13,3)11-17(12)21/h12-17,21H,4-11H2,1-3H3/t12-,13+,14+,15+,16+,17+,19+,20+/m1/s1. The number of rotatable bonds is 0. The first-order valence-electron chi connectivity index (χ1n) is 9.57. The summed E-state index contributed by atoms with van der Waals surface area (Å²) < 4.78 is 0. The minimum absolute atomic E-state index is 0.00899. The summed E-state index contributed by atoms with van der Waals surface area (Å²) >= 11 is 0. The van der Waals surface area contributed by atoms with Crippen LogP contribution in [0, 0.1) is 40.4 Å². The molecule has 0 aromatic carbocycles. The van der Waals surface area contributed by atoms with Gasteiger partial charge in [-0.1, -0.05) is 20.8 Å². The van der Waals surface area contributed by atoms with Gasteiger partial charge in [-0.2, -0.15) is 0 Å². The highest BCUT2D eigenvalue weighted by atomic mass is 16.3. The third-order valence-corrected chi connectivity index (χ3v) is 8.74. The van der Waals surface area contributed by atoms with Crippen LogP contribution in [0.3, 0.4) is 0 Å². The van der Waals surface area contributed by atoms with Gasteiger partial charge in [0.2, 0.25) is 0 Å². The first-order chi connectivity index (χ1) is 10.4. The van der Waals surface area contributed by atoms with Gasteiger partial charge in [0.25, 0.3) is 0 Å². The molecule has 2 heteroatoms. The Kier molecular flexibility index (Phi) is 3.32. The van der Waals surface area contributed by atoms with Gasteiger partial charge in [-0.05, 0) is 80.0 Å². The fraction of sp³-hybridized carbons (Fsp3) is 0.950. The van der Waals surface area contributed by atoms with Crippen LogP contribution in [0.2, 0.25) is 0 Å². The van der Waals surface area contributed by atoms with Crippen molar-refractivity contribution in [1.29, 1.82) is 0 Å². The monoisotopic (exact) mass is 304 g/mol. The number of carbonyl (C=O) groups excluding carboxylic acids is 1. The fourth-order valence-electron chi connectivity index (χ4n) is 7.27. The van der Waals surface area contributed by atoms with Gasteiger partial charge in [-0.15, -0.1) is 0 Å². The van der Waals surface area contributed by atoms with E-state index >= 15 is 0 Å². The van der Waals surface area contributed by atoms with E-state index < -0.39 is 0 Å². The van der Waals surface area contributed by atoms with Gasteiger partial charge in [0, 0.05) is 11.8 Å². The van der Waals surface area contributed by atoms with Crippen molar-refractivity contribution in [1.82, 2.24) is 0 Å². The molecule has 0 radical (unpaired) electrons. The van der Waals surface area contributed by atoms with Crippen LogP contribution >= 0.6 is 0 Å². The Labute approximate surface area is 135 Å². The average Bonchev–Trinajstić information content (AvgIpc) is 2.77. The zero-order chi connectivity index (χ0) is 15.7. The number of hydrogen-bond donors (Lipinski definition) is 1. The van der Waals surface area contributed by atoms with Gasteiger partial charge in [0.05, 0.1) is 6.10 Å². The van der Waals surface area contributed by atoms with Crippen LogP contribution in [-0.2, 0) is 4.79 Å². The highest BCUT2D eigenvalue weighted by molar-refractivity contribution is 5.87. The molecule has 0 aliphatic heterocycles. The van der Waals surface area contributed by atoms with E-state index in [-0.39, 0.29) is 11.5 Å². The van der Waals surface area contributed by atoms with Crippen molar-refractivity contribution in [2.24, 2.45) is 40.4 Å². The van der Waals surface area contributed by atoms with Crippen molar-refractivity contribution >= 4 is 5.78 Å². The van der Waals surface area contributed by atoms with E-state index in [1.165, 1.54) is 25.7 Å². The van der Waals surface area contributed by atoms with Gasteiger partial charge in [0.15, 0.2) is 0 Å². The molecule has 1 N–H and O–H groups in total. The van der Waals surface area contributed by atoms with E-state index in [0.717, 1.165) is 43.4 Å². The predicted octanol–water partition coefficient (Wildman–Crippen LogP) is 4.21. The summed E-state index contributed by atoms with van der Waals surface area (Å²) in [5.41, 5.74) is 0.312. The molecule has 2 nitrogen and oxygen atoms in total. The van der Waals surface area contributed by atoms with Crippen LogP contribution < -0.4 is 0 Å².